The average Bonchev–Trinajstić information content (AvgIpc) is 2.76. The average molecular weight is 537 g/mol. The summed E-state index contributed by atoms with van der Waals surface area (Å²) in [5.41, 5.74) is 3.13. The van der Waals surface area contributed by atoms with E-state index in [1.807, 2.05) is 30.3 Å². The van der Waals surface area contributed by atoms with E-state index >= 15 is 0 Å². The molecular weight excluding hydrogens is 501 g/mol. The van der Waals surface area contributed by atoms with Gasteiger partial charge >= 0.3 is 0 Å². The molecule has 0 bridgehead atoms. The lowest BCUT2D eigenvalue weighted by Gasteiger charge is -2.23. The summed E-state index contributed by atoms with van der Waals surface area (Å²) in [4.78, 5) is 18.8. The number of carbonyl (C=O) groups is 1. The molecule has 0 aliphatic carbocycles. The summed E-state index contributed by atoms with van der Waals surface area (Å²) >= 11 is 0. The van der Waals surface area contributed by atoms with Crippen LogP contribution in [-0.4, -0.2) is 63.6 Å². The van der Waals surface area contributed by atoms with Crippen molar-refractivity contribution in [1.82, 2.24) is 20.9 Å². The third-order valence-electron chi connectivity index (χ3n) is 4.97. The fourth-order valence-electron chi connectivity index (χ4n) is 3.17. The van der Waals surface area contributed by atoms with Crippen LogP contribution in [0.15, 0.2) is 59.6 Å². The van der Waals surface area contributed by atoms with Gasteiger partial charge in [0.2, 0.25) is 0 Å². The van der Waals surface area contributed by atoms with Crippen molar-refractivity contribution in [2.24, 2.45) is 4.99 Å². The number of carbonyl (C=O) groups excluding carboxylic acids is 1. The highest BCUT2D eigenvalue weighted by molar-refractivity contribution is 14.0. The number of nitrogens with zero attached hydrogens (tertiary/aromatic N) is 2. The van der Waals surface area contributed by atoms with E-state index in [1.165, 1.54) is 5.56 Å². The Bertz CT molecular complexity index is 811. The number of hydrogen-bond acceptors (Lipinski definition) is 3. The quantitative estimate of drug-likeness (QED) is 0.248. The van der Waals surface area contributed by atoms with Crippen LogP contribution in [0.3, 0.4) is 0 Å². The predicted molar refractivity (Wildman–Crippen MR) is 141 cm³/mol. The molecule has 1 atom stereocenters. The lowest BCUT2D eigenvalue weighted by atomic mass is 10.1. The van der Waals surface area contributed by atoms with Gasteiger partial charge in [0.05, 0.1) is 6.54 Å². The molecule has 1 amide bonds. The normalized spacial score (nSPS) is 12.1. The zero-order valence-corrected chi connectivity index (χ0v) is 21.4. The predicted octanol–water partition coefficient (Wildman–Crippen LogP) is 2.93. The summed E-state index contributed by atoms with van der Waals surface area (Å²) in [6.07, 6.45) is 1.78. The largest absolute Gasteiger partial charge is 0.357 e. The molecule has 1 unspecified atom stereocenters. The van der Waals surface area contributed by atoms with Gasteiger partial charge in [-0.1, -0.05) is 42.5 Å². The molecule has 0 saturated heterocycles. The first kappa shape index (κ1) is 26.9. The molecular formula is C24H36IN5O. The zero-order chi connectivity index (χ0) is 21.8. The third-order valence-corrected chi connectivity index (χ3v) is 4.97. The number of rotatable bonds is 10. The number of guanidine groups is 1. The molecule has 6 nitrogen and oxygen atoms in total. The van der Waals surface area contributed by atoms with Gasteiger partial charge in [-0.3, -0.25) is 9.79 Å². The fourth-order valence-corrected chi connectivity index (χ4v) is 3.17. The van der Waals surface area contributed by atoms with Gasteiger partial charge in [-0.05, 0) is 57.1 Å². The topological polar surface area (TPSA) is 68.8 Å². The van der Waals surface area contributed by atoms with Gasteiger partial charge in [0.25, 0.3) is 5.91 Å². The van der Waals surface area contributed by atoms with Crippen LogP contribution in [0.1, 0.15) is 28.4 Å². The molecule has 2 rings (SSSR count). The lowest BCUT2D eigenvalue weighted by molar-refractivity contribution is 0.0963. The van der Waals surface area contributed by atoms with Gasteiger partial charge in [0, 0.05) is 31.7 Å². The SMILES string of the molecule is CCNC(=NCC(Cc1ccccc1)N(C)C)NCCc1cccc(C(=O)NC)c1.I. The first-order valence-corrected chi connectivity index (χ1v) is 10.6. The van der Waals surface area contributed by atoms with Crippen molar-refractivity contribution < 1.29 is 4.79 Å². The van der Waals surface area contributed by atoms with Crippen LogP contribution in [0.25, 0.3) is 0 Å². The van der Waals surface area contributed by atoms with E-state index in [4.69, 9.17) is 4.99 Å². The van der Waals surface area contributed by atoms with E-state index in [1.54, 1.807) is 7.05 Å². The summed E-state index contributed by atoms with van der Waals surface area (Å²) in [7, 11) is 5.85. The van der Waals surface area contributed by atoms with Crippen LogP contribution in [0.5, 0.6) is 0 Å². The second-order valence-electron chi connectivity index (χ2n) is 7.48. The summed E-state index contributed by atoms with van der Waals surface area (Å²) in [6.45, 7) is 4.33. The molecule has 7 heteroatoms. The first-order valence-electron chi connectivity index (χ1n) is 10.6. The Kier molecular flexibility index (Phi) is 12.8. The molecule has 170 valence electrons. The molecule has 0 spiro atoms. The maximum atomic E-state index is 11.8. The molecule has 0 aromatic heterocycles. The molecule has 3 N–H and O–H groups in total. The van der Waals surface area contributed by atoms with E-state index < -0.39 is 0 Å². The summed E-state index contributed by atoms with van der Waals surface area (Å²) in [5.74, 6) is 0.757. The second-order valence-corrected chi connectivity index (χ2v) is 7.48. The Balaban J connectivity index is 0.00000480. The van der Waals surface area contributed by atoms with Crippen molar-refractivity contribution in [2.75, 3.05) is 40.8 Å². The summed E-state index contributed by atoms with van der Waals surface area (Å²) in [6, 6.07) is 18.6. The molecule has 0 aliphatic heterocycles. The van der Waals surface area contributed by atoms with Gasteiger partial charge in [0.1, 0.15) is 0 Å². The second kappa shape index (κ2) is 14.8. The van der Waals surface area contributed by atoms with Crippen LogP contribution in [-0.2, 0) is 12.8 Å². The molecule has 0 aliphatic rings. The number of nitrogens with one attached hydrogen (secondary N) is 3. The molecule has 0 radical (unpaired) electrons. The highest BCUT2D eigenvalue weighted by Gasteiger charge is 2.12. The number of benzene rings is 2. The summed E-state index contributed by atoms with van der Waals surface area (Å²) in [5, 5.41) is 9.40. The van der Waals surface area contributed by atoms with Crippen molar-refractivity contribution in [3.8, 4) is 0 Å². The Labute approximate surface area is 203 Å². The van der Waals surface area contributed by atoms with Crippen LogP contribution >= 0.6 is 24.0 Å². The van der Waals surface area contributed by atoms with Gasteiger partial charge in [-0.15, -0.1) is 24.0 Å². The van der Waals surface area contributed by atoms with Gasteiger partial charge in [-0.25, -0.2) is 0 Å². The molecule has 31 heavy (non-hydrogen) atoms. The van der Waals surface area contributed by atoms with Crippen LogP contribution in [0.2, 0.25) is 0 Å². The Hall–Kier alpha value is -2.13. The minimum absolute atomic E-state index is 0. The Morgan fingerprint density at radius 3 is 2.39 bits per heavy atom. The molecule has 2 aromatic rings. The van der Waals surface area contributed by atoms with Crippen molar-refractivity contribution in [3.63, 3.8) is 0 Å². The number of amides is 1. The standard InChI is InChI=1S/C24H35N5O.HI/c1-5-26-24(27-15-14-20-12-9-13-21(16-20)23(30)25-2)28-18-22(29(3)4)17-19-10-7-6-8-11-19;/h6-13,16,22H,5,14-15,17-18H2,1-4H3,(H,25,30)(H2,26,27,28);1H. The van der Waals surface area contributed by atoms with E-state index in [9.17, 15) is 4.79 Å². The summed E-state index contributed by atoms with van der Waals surface area (Å²) < 4.78 is 0. The van der Waals surface area contributed by atoms with Crippen LogP contribution < -0.4 is 16.0 Å². The van der Waals surface area contributed by atoms with Crippen LogP contribution in [0.4, 0.5) is 0 Å². The molecule has 0 fully saturated rings. The van der Waals surface area contributed by atoms with E-state index in [2.05, 4.69) is 66.1 Å². The highest BCUT2D eigenvalue weighted by Crippen LogP contribution is 2.08. The number of likely N-dealkylation sites (N-methyl/N-ethyl adjacent to an activating group) is 1. The number of aliphatic imine (C=N–C) groups is 1. The molecule has 0 saturated carbocycles. The van der Waals surface area contributed by atoms with Crippen molar-refractivity contribution in [1.29, 1.82) is 0 Å². The van der Waals surface area contributed by atoms with Gasteiger partial charge in [0.15, 0.2) is 5.96 Å². The van der Waals surface area contributed by atoms with Crippen molar-refractivity contribution in [2.45, 2.75) is 25.8 Å². The minimum Gasteiger partial charge on any atom is -0.357 e. The van der Waals surface area contributed by atoms with E-state index in [0.717, 1.165) is 37.5 Å². The number of halogens is 1. The maximum absolute atomic E-state index is 11.8. The maximum Gasteiger partial charge on any atom is 0.251 e. The Morgan fingerprint density at radius 2 is 1.74 bits per heavy atom. The minimum atomic E-state index is -0.0622. The van der Waals surface area contributed by atoms with Gasteiger partial charge in [-0.2, -0.15) is 0 Å². The van der Waals surface area contributed by atoms with Gasteiger partial charge < -0.3 is 20.9 Å². The fraction of sp³-hybridized carbons (Fsp3) is 0.417. The molecule has 0 heterocycles. The van der Waals surface area contributed by atoms with E-state index in [-0.39, 0.29) is 29.9 Å². The van der Waals surface area contributed by atoms with Crippen molar-refractivity contribution in [3.05, 3.63) is 71.3 Å². The Morgan fingerprint density at radius 1 is 1.03 bits per heavy atom. The zero-order valence-electron chi connectivity index (χ0n) is 19.0. The smallest absolute Gasteiger partial charge is 0.251 e. The highest BCUT2D eigenvalue weighted by atomic mass is 127. The lowest BCUT2D eigenvalue weighted by Crippen LogP contribution is -2.40. The number of hydrogen-bond donors (Lipinski definition) is 3. The van der Waals surface area contributed by atoms with Crippen molar-refractivity contribution >= 4 is 35.8 Å². The van der Waals surface area contributed by atoms with E-state index in [0.29, 0.717) is 18.2 Å². The molecule has 2 aromatic carbocycles. The first-order chi connectivity index (χ1) is 14.5. The monoisotopic (exact) mass is 537 g/mol. The third kappa shape index (κ3) is 9.69. The van der Waals surface area contributed by atoms with Crippen LogP contribution in [0, 0.1) is 0 Å².